The van der Waals surface area contributed by atoms with E-state index in [1.165, 1.54) is 12.8 Å². The molecule has 0 spiro atoms. The molecule has 10 nitrogen and oxygen atoms in total. The number of halogens is 1. The normalized spacial score (nSPS) is 25.0. The van der Waals surface area contributed by atoms with E-state index in [9.17, 15) is 15.0 Å². The van der Waals surface area contributed by atoms with E-state index >= 15 is 0 Å². The zero-order valence-corrected chi connectivity index (χ0v) is 19.2. The number of carbonyl (C=O) groups excluding carboxylic acids is 1. The molecule has 3 aromatic rings. The number of benzene rings is 1. The monoisotopic (exact) mass is 486 g/mol. The topological polar surface area (TPSA) is 134 Å². The molecule has 5 rings (SSSR count). The predicted octanol–water partition coefficient (Wildman–Crippen LogP) is 2.80. The minimum atomic E-state index is -1.18. The summed E-state index contributed by atoms with van der Waals surface area (Å²) in [6.07, 6.45) is 3.30. The maximum absolute atomic E-state index is 12.3. The van der Waals surface area contributed by atoms with E-state index in [1.54, 1.807) is 10.9 Å². The number of carbonyl (C=O) groups is 1. The van der Waals surface area contributed by atoms with E-state index < -0.39 is 30.4 Å². The summed E-state index contributed by atoms with van der Waals surface area (Å²) in [6.45, 7) is 0.111. The van der Waals surface area contributed by atoms with Crippen LogP contribution in [0.2, 0.25) is 5.28 Å². The maximum Gasteiger partial charge on any atom is 0.407 e. The number of hydrogen-bond acceptors (Lipinski definition) is 8. The second-order valence-electron chi connectivity index (χ2n) is 8.89. The fraction of sp³-hybridized carbons (Fsp3) is 0.478. The number of fused-ring (bicyclic) bond motifs is 1. The van der Waals surface area contributed by atoms with Crippen molar-refractivity contribution < 1.29 is 19.7 Å². The molecule has 2 aromatic heterocycles. The summed E-state index contributed by atoms with van der Waals surface area (Å²) in [6, 6.07) is 8.35. The first-order valence-corrected chi connectivity index (χ1v) is 11.9. The molecular weight excluding hydrogens is 460 g/mol. The molecule has 0 bridgehead atoms. The van der Waals surface area contributed by atoms with Crippen molar-refractivity contribution in [2.45, 2.75) is 69.0 Å². The Morgan fingerprint density at radius 3 is 2.68 bits per heavy atom. The van der Waals surface area contributed by atoms with Gasteiger partial charge in [-0.15, -0.1) is 0 Å². The van der Waals surface area contributed by atoms with Gasteiger partial charge in [0.1, 0.15) is 18.8 Å². The summed E-state index contributed by atoms with van der Waals surface area (Å²) in [5.41, 5.74) is 1.87. The Morgan fingerprint density at radius 2 is 1.91 bits per heavy atom. The Kier molecular flexibility index (Phi) is 6.53. The van der Waals surface area contributed by atoms with Crippen molar-refractivity contribution >= 4 is 34.7 Å². The van der Waals surface area contributed by atoms with Crippen LogP contribution in [0.5, 0.6) is 0 Å². The van der Waals surface area contributed by atoms with Gasteiger partial charge in [0.15, 0.2) is 17.0 Å². The van der Waals surface area contributed by atoms with Gasteiger partial charge in [-0.2, -0.15) is 9.97 Å². The van der Waals surface area contributed by atoms with Gasteiger partial charge < -0.3 is 30.2 Å². The average Bonchev–Trinajstić information content (AvgIpc) is 3.55. The molecule has 4 N–H and O–H groups in total. The lowest BCUT2D eigenvalue weighted by atomic mass is 10.2. The maximum atomic E-state index is 12.3. The van der Waals surface area contributed by atoms with Crippen molar-refractivity contribution in [2.75, 3.05) is 5.32 Å². The van der Waals surface area contributed by atoms with Gasteiger partial charge in [-0.25, -0.2) is 9.78 Å². The van der Waals surface area contributed by atoms with Gasteiger partial charge in [-0.05, 0) is 36.4 Å². The molecule has 1 aromatic carbocycles. The van der Waals surface area contributed by atoms with E-state index in [0.29, 0.717) is 23.0 Å². The summed E-state index contributed by atoms with van der Waals surface area (Å²) in [5, 5.41) is 27.5. The number of hydrogen-bond donors (Lipinski definition) is 4. The van der Waals surface area contributed by atoms with Crippen molar-refractivity contribution in [1.82, 2.24) is 24.8 Å². The van der Waals surface area contributed by atoms with Gasteiger partial charge in [0.05, 0.1) is 18.4 Å². The Balaban J connectivity index is 1.30. The molecule has 2 heterocycles. The number of anilines is 1. The number of aromatic nitrogens is 4. The van der Waals surface area contributed by atoms with Crippen LogP contribution in [0.4, 0.5) is 10.6 Å². The molecule has 0 saturated heterocycles. The molecule has 4 unspecified atom stereocenters. The molecule has 2 aliphatic carbocycles. The highest BCUT2D eigenvalue weighted by molar-refractivity contribution is 6.28. The number of aliphatic hydroxyl groups excluding tert-OH is 2. The second kappa shape index (κ2) is 9.73. The standard InChI is InChI=1S/C23H27ClN6O4/c24-22-28-20(26-14-8-4-5-9-14)17-21(29-22)30(12-25-17)16-10-15(18(31)19(16)32)27-23(33)34-11-13-6-2-1-3-7-13/h1-3,6-7,12,14-16,18-19,31-32H,4-5,8-11H2,(H,27,33)(H,26,28,29). The fourth-order valence-corrected chi connectivity index (χ4v) is 5.00. The predicted molar refractivity (Wildman–Crippen MR) is 125 cm³/mol. The largest absolute Gasteiger partial charge is 0.445 e. The van der Waals surface area contributed by atoms with E-state index in [-0.39, 0.29) is 18.3 Å². The molecule has 2 aliphatic rings. The van der Waals surface area contributed by atoms with Gasteiger partial charge in [-0.3, -0.25) is 0 Å². The first-order chi connectivity index (χ1) is 16.5. The van der Waals surface area contributed by atoms with Crippen molar-refractivity contribution in [3.8, 4) is 0 Å². The molecule has 1 amide bonds. The number of ether oxygens (including phenoxy) is 1. The van der Waals surface area contributed by atoms with Gasteiger partial charge >= 0.3 is 6.09 Å². The lowest BCUT2D eigenvalue weighted by molar-refractivity contribution is 0.0136. The Morgan fingerprint density at radius 1 is 1.15 bits per heavy atom. The third kappa shape index (κ3) is 4.66. The lowest BCUT2D eigenvalue weighted by Gasteiger charge is -2.18. The molecule has 2 fully saturated rings. The molecular formula is C23H27ClN6O4. The van der Waals surface area contributed by atoms with Crippen molar-refractivity contribution in [2.24, 2.45) is 0 Å². The quantitative estimate of drug-likeness (QED) is 0.391. The molecule has 0 radical (unpaired) electrons. The van der Waals surface area contributed by atoms with E-state index in [2.05, 4.69) is 25.6 Å². The summed E-state index contributed by atoms with van der Waals surface area (Å²) < 4.78 is 6.94. The van der Waals surface area contributed by atoms with Crippen LogP contribution in [-0.4, -0.2) is 60.1 Å². The highest BCUT2D eigenvalue weighted by Gasteiger charge is 2.44. The van der Waals surface area contributed by atoms with E-state index in [4.69, 9.17) is 16.3 Å². The number of amides is 1. The van der Waals surface area contributed by atoms with Gasteiger partial charge in [-0.1, -0.05) is 43.2 Å². The first-order valence-electron chi connectivity index (χ1n) is 11.5. The zero-order valence-electron chi connectivity index (χ0n) is 18.5. The second-order valence-corrected chi connectivity index (χ2v) is 9.23. The van der Waals surface area contributed by atoms with E-state index in [1.807, 2.05) is 30.3 Å². The van der Waals surface area contributed by atoms with Crippen LogP contribution in [-0.2, 0) is 11.3 Å². The Bertz CT molecular complexity index is 1150. The minimum Gasteiger partial charge on any atom is -0.445 e. The third-order valence-corrected chi connectivity index (χ3v) is 6.78. The fourth-order valence-electron chi connectivity index (χ4n) is 4.84. The van der Waals surface area contributed by atoms with Crippen LogP contribution >= 0.6 is 11.6 Å². The molecule has 4 atom stereocenters. The first kappa shape index (κ1) is 22.8. The van der Waals surface area contributed by atoms with Crippen LogP contribution in [0.3, 0.4) is 0 Å². The summed E-state index contributed by atoms with van der Waals surface area (Å²) in [5.74, 6) is 0.563. The van der Waals surface area contributed by atoms with Gasteiger partial charge in [0.25, 0.3) is 0 Å². The molecule has 11 heteroatoms. The molecule has 180 valence electrons. The number of aliphatic hydroxyl groups is 2. The summed E-state index contributed by atoms with van der Waals surface area (Å²) >= 11 is 6.20. The van der Waals surface area contributed by atoms with Gasteiger partial charge in [0.2, 0.25) is 5.28 Å². The number of alkyl carbamates (subject to hydrolysis) is 1. The van der Waals surface area contributed by atoms with Gasteiger partial charge in [0, 0.05) is 6.04 Å². The molecule has 0 aliphatic heterocycles. The minimum absolute atomic E-state index is 0.0712. The molecule has 2 saturated carbocycles. The summed E-state index contributed by atoms with van der Waals surface area (Å²) in [7, 11) is 0. The lowest BCUT2D eigenvalue weighted by Crippen LogP contribution is -2.43. The smallest absolute Gasteiger partial charge is 0.407 e. The Hall–Kier alpha value is -2.95. The number of imidazole rings is 1. The third-order valence-electron chi connectivity index (χ3n) is 6.62. The average molecular weight is 487 g/mol. The highest BCUT2D eigenvalue weighted by atomic mass is 35.5. The van der Waals surface area contributed by atoms with Crippen molar-refractivity contribution in [3.05, 3.63) is 47.5 Å². The number of nitrogens with one attached hydrogen (secondary N) is 2. The van der Waals surface area contributed by atoms with Crippen LogP contribution in [0.15, 0.2) is 36.7 Å². The number of nitrogens with zero attached hydrogens (tertiary/aromatic N) is 4. The van der Waals surface area contributed by atoms with Crippen molar-refractivity contribution in [3.63, 3.8) is 0 Å². The van der Waals surface area contributed by atoms with Crippen LogP contribution < -0.4 is 10.6 Å². The van der Waals surface area contributed by atoms with E-state index in [0.717, 1.165) is 18.4 Å². The van der Waals surface area contributed by atoms with Crippen LogP contribution in [0.25, 0.3) is 11.2 Å². The van der Waals surface area contributed by atoms with Crippen molar-refractivity contribution in [1.29, 1.82) is 0 Å². The SMILES string of the molecule is O=C(NC1CC(n2cnc3c(NC4CCCC4)nc(Cl)nc32)C(O)C1O)OCc1ccccc1. The van der Waals surface area contributed by atoms with Crippen LogP contribution in [0, 0.1) is 0 Å². The Labute approximate surface area is 201 Å². The number of rotatable bonds is 6. The highest BCUT2D eigenvalue weighted by Crippen LogP contribution is 2.35. The molecule has 34 heavy (non-hydrogen) atoms. The summed E-state index contributed by atoms with van der Waals surface area (Å²) in [4.78, 5) is 25.4. The zero-order chi connectivity index (χ0) is 23.7. The van der Waals surface area contributed by atoms with Crippen LogP contribution in [0.1, 0.15) is 43.7 Å².